The van der Waals surface area contributed by atoms with Crippen LogP contribution in [0.3, 0.4) is 0 Å². The second kappa shape index (κ2) is 6.08. The van der Waals surface area contributed by atoms with E-state index in [0.717, 1.165) is 18.7 Å². The number of hydrogen-bond acceptors (Lipinski definition) is 2. The van der Waals surface area contributed by atoms with Crippen molar-refractivity contribution in [1.82, 2.24) is 0 Å². The minimum atomic E-state index is 0.0421. The van der Waals surface area contributed by atoms with Crippen molar-refractivity contribution >= 4 is 28.6 Å². The Balaban J connectivity index is 1.94. The van der Waals surface area contributed by atoms with Gasteiger partial charge in [-0.1, -0.05) is 24.3 Å². The fraction of sp³-hybridized carbons (Fsp3) is 0.286. The van der Waals surface area contributed by atoms with Crippen LogP contribution >= 0.6 is 22.9 Å². The number of thiophene rings is 1. The van der Waals surface area contributed by atoms with E-state index < -0.39 is 0 Å². The van der Waals surface area contributed by atoms with Crippen LogP contribution in [0.1, 0.15) is 22.7 Å². The molecule has 0 aliphatic rings. The largest absolute Gasteiger partial charge is 0.384 e. The monoisotopic (exact) mass is 265 g/mol. The lowest BCUT2D eigenvalue weighted by Gasteiger charge is -2.12. The first-order chi connectivity index (χ1) is 8.27. The van der Waals surface area contributed by atoms with Crippen LogP contribution < -0.4 is 5.32 Å². The van der Waals surface area contributed by atoms with Crippen molar-refractivity contribution in [2.75, 3.05) is 11.9 Å². The van der Waals surface area contributed by atoms with Gasteiger partial charge in [0.25, 0.3) is 0 Å². The Bertz CT molecular complexity index is 451. The molecule has 1 aromatic heterocycles. The Hall–Kier alpha value is -0.990. The standard InChI is InChI=1S/C14H16ClNS/c1-11(15)13-6-2-3-7-14(13)16-9-8-12-5-4-10-17-12/h2-7,10-11,16H,8-9H2,1H3. The topological polar surface area (TPSA) is 12.0 Å². The molecule has 0 saturated carbocycles. The fourth-order valence-electron chi connectivity index (χ4n) is 1.78. The predicted molar refractivity (Wildman–Crippen MR) is 77.2 cm³/mol. The summed E-state index contributed by atoms with van der Waals surface area (Å²) in [5, 5.41) is 5.61. The van der Waals surface area contributed by atoms with Gasteiger partial charge in [0.05, 0.1) is 5.38 Å². The zero-order chi connectivity index (χ0) is 12.1. The molecule has 0 spiro atoms. The van der Waals surface area contributed by atoms with Gasteiger partial charge in [0, 0.05) is 17.1 Å². The molecule has 0 amide bonds. The Morgan fingerprint density at radius 1 is 1.24 bits per heavy atom. The molecule has 2 rings (SSSR count). The maximum atomic E-state index is 6.15. The maximum Gasteiger partial charge on any atom is 0.0577 e. The van der Waals surface area contributed by atoms with E-state index in [2.05, 4.69) is 35.0 Å². The lowest BCUT2D eigenvalue weighted by atomic mass is 10.1. The van der Waals surface area contributed by atoms with Gasteiger partial charge >= 0.3 is 0 Å². The molecule has 90 valence electrons. The van der Waals surface area contributed by atoms with Crippen LogP contribution in [0.5, 0.6) is 0 Å². The number of halogens is 1. The fourth-order valence-corrected chi connectivity index (χ4v) is 2.68. The molecule has 1 unspecified atom stereocenters. The zero-order valence-electron chi connectivity index (χ0n) is 9.82. The molecule has 3 heteroatoms. The van der Waals surface area contributed by atoms with E-state index in [1.807, 2.05) is 19.1 Å². The van der Waals surface area contributed by atoms with Crippen molar-refractivity contribution < 1.29 is 0 Å². The van der Waals surface area contributed by atoms with Crippen LogP contribution in [-0.2, 0) is 6.42 Å². The number of para-hydroxylation sites is 1. The summed E-state index contributed by atoms with van der Waals surface area (Å²) in [6, 6.07) is 12.5. The second-order valence-corrected chi connectivity index (χ2v) is 5.65. The van der Waals surface area contributed by atoms with E-state index >= 15 is 0 Å². The molecule has 1 atom stereocenters. The third-order valence-corrected chi connectivity index (χ3v) is 3.83. The van der Waals surface area contributed by atoms with Crippen molar-refractivity contribution in [3.63, 3.8) is 0 Å². The summed E-state index contributed by atoms with van der Waals surface area (Å²) in [5.74, 6) is 0. The highest BCUT2D eigenvalue weighted by molar-refractivity contribution is 7.09. The van der Waals surface area contributed by atoms with Gasteiger partial charge < -0.3 is 5.32 Å². The van der Waals surface area contributed by atoms with Gasteiger partial charge in [0.1, 0.15) is 0 Å². The van der Waals surface area contributed by atoms with Crippen molar-refractivity contribution in [3.05, 3.63) is 52.2 Å². The number of anilines is 1. The Morgan fingerprint density at radius 3 is 2.76 bits per heavy atom. The first-order valence-corrected chi connectivity index (χ1v) is 7.08. The molecule has 0 fully saturated rings. The SMILES string of the molecule is CC(Cl)c1ccccc1NCCc1cccs1. The van der Waals surface area contributed by atoms with Crippen LogP contribution in [0, 0.1) is 0 Å². The molecule has 1 heterocycles. The van der Waals surface area contributed by atoms with Gasteiger partial charge in [-0.25, -0.2) is 0 Å². The highest BCUT2D eigenvalue weighted by Crippen LogP contribution is 2.26. The van der Waals surface area contributed by atoms with Gasteiger partial charge in [-0.15, -0.1) is 22.9 Å². The highest BCUT2D eigenvalue weighted by Gasteiger charge is 2.06. The summed E-state index contributed by atoms with van der Waals surface area (Å²) >= 11 is 7.95. The van der Waals surface area contributed by atoms with Crippen molar-refractivity contribution in [2.24, 2.45) is 0 Å². The minimum absolute atomic E-state index is 0.0421. The average Bonchev–Trinajstić information content (AvgIpc) is 2.82. The third kappa shape index (κ3) is 3.48. The number of rotatable bonds is 5. The predicted octanol–water partition coefficient (Wildman–Crippen LogP) is 4.70. The summed E-state index contributed by atoms with van der Waals surface area (Å²) in [6.07, 6.45) is 1.06. The molecule has 0 bridgehead atoms. The first kappa shape index (κ1) is 12.5. The Morgan fingerprint density at radius 2 is 2.06 bits per heavy atom. The molecule has 1 nitrogen and oxygen atoms in total. The summed E-state index contributed by atoms with van der Waals surface area (Å²) in [7, 11) is 0. The number of nitrogens with one attached hydrogen (secondary N) is 1. The van der Waals surface area contributed by atoms with Crippen LogP contribution in [0.15, 0.2) is 41.8 Å². The smallest absolute Gasteiger partial charge is 0.0577 e. The van der Waals surface area contributed by atoms with Gasteiger partial charge in [0.15, 0.2) is 0 Å². The Labute approximate surface area is 111 Å². The number of benzene rings is 1. The van der Waals surface area contributed by atoms with Crippen molar-refractivity contribution in [1.29, 1.82) is 0 Å². The van der Waals surface area contributed by atoms with E-state index in [-0.39, 0.29) is 5.38 Å². The quantitative estimate of drug-likeness (QED) is 0.773. The molecule has 0 aliphatic carbocycles. The number of hydrogen-bond donors (Lipinski definition) is 1. The average molecular weight is 266 g/mol. The first-order valence-electron chi connectivity index (χ1n) is 5.76. The van der Waals surface area contributed by atoms with Crippen LogP contribution in [0.4, 0.5) is 5.69 Å². The molecular formula is C14H16ClNS. The summed E-state index contributed by atoms with van der Waals surface area (Å²) in [6.45, 7) is 2.95. The molecular weight excluding hydrogens is 250 g/mol. The molecule has 0 radical (unpaired) electrons. The van der Waals surface area contributed by atoms with Crippen LogP contribution in [0.25, 0.3) is 0 Å². The van der Waals surface area contributed by atoms with E-state index in [4.69, 9.17) is 11.6 Å². The Kier molecular flexibility index (Phi) is 4.46. The van der Waals surface area contributed by atoms with Gasteiger partial charge in [0.2, 0.25) is 0 Å². The summed E-state index contributed by atoms with van der Waals surface area (Å²) in [4.78, 5) is 1.41. The lowest BCUT2D eigenvalue weighted by molar-refractivity contribution is 1.02. The maximum absolute atomic E-state index is 6.15. The zero-order valence-corrected chi connectivity index (χ0v) is 11.4. The van der Waals surface area contributed by atoms with Crippen molar-refractivity contribution in [3.8, 4) is 0 Å². The molecule has 17 heavy (non-hydrogen) atoms. The van der Waals surface area contributed by atoms with E-state index in [1.54, 1.807) is 11.3 Å². The van der Waals surface area contributed by atoms with E-state index in [9.17, 15) is 0 Å². The third-order valence-electron chi connectivity index (χ3n) is 2.66. The summed E-state index contributed by atoms with van der Waals surface area (Å²) in [5.41, 5.74) is 2.31. The molecule has 0 saturated heterocycles. The normalized spacial score (nSPS) is 12.4. The lowest BCUT2D eigenvalue weighted by Crippen LogP contribution is -2.06. The van der Waals surface area contributed by atoms with E-state index in [0.29, 0.717) is 0 Å². The van der Waals surface area contributed by atoms with E-state index in [1.165, 1.54) is 10.4 Å². The highest BCUT2D eigenvalue weighted by atomic mass is 35.5. The van der Waals surface area contributed by atoms with Gasteiger partial charge in [-0.05, 0) is 36.4 Å². The summed E-state index contributed by atoms with van der Waals surface area (Å²) < 4.78 is 0. The van der Waals surface area contributed by atoms with Crippen LogP contribution in [0.2, 0.25) is 0 Å². The van der Waals surface area contributed by atoms with Gasteiger partial charge in [-0.3, -0.25) is 0 Å². The molecule has 2 aromatic rings. The number of alkyl halides is 1. The second-order valence-electron chi connectivity index (χ2n) is 3.96. The van der Waals surface area contributed by atoms with Crippen LogP contribution in [-0.4, -0.2) is 6.54 Å². The molecule has 1 N–H and O–H groups in total. The van der Waals surface area contributed by atoms with Crippen molar-refractivity contribution in [2.45, 2.75) is 18.7 Å². The molecule has 1 aromatic carbocycles. The van der Waals surface area contributed by atoms with Gasteiger partial charge in [-0.2, -0.15) is 0 Å². The minimum Gasteiger partial charge on any atom is -0.384 e. The molecule has 0 aliphatic heterocycles.